The minimum Gasteiger partial charge on any atom is -0.444 e. The van der Waals surface area contributed by atoms with Crippen LogP contribution in [-0.2, 0) is 11.2 Å². The summed E-state index contributed by atoms with van der Waals surface area (Å²) < 4.78 is 20.8. The summed E-state index contributed by atoms with van der Waals surface area (Å²) in [6.45, 7) is 5.15. The molecule has 9 heteroatoms. The maximum absolute atomic E-state index is 14.1. The van der Waals surface area contributed by atoms with Crippen molar-refractivity contribution in [2.75, 3.05) is 5.32 Å². The third kappa shape index (κ3) is 4.31. The molecule has 1 amide bonds. The Morgan fingerprint density at radius 3 is 2.68 bits per heavy atom. The first-order valence-corrected chi connectivity index (χ1v) is 9.16. The first-order chi connectivity index (χ1) is 13.0. The molecule has 3 aromatic rings. The zero-order chi connectivity index (χ0) is 20.6. The molecule has 3 rings (SSSR count). The van der Waals surface area contributed by atoms with Crippen LogP contribution in [0.4, 0.5) is 14.9 Å². The van der Waals surface area contributed by atoms with Gasteiger partial charge in [0.2, 0.25) is 0 Å². The van der Waals surface area contributed by atoms with E-state index in [1.54, 1.807) is 26.8 Å². The molecule has 0 atom stereocenters. The lowest BCUT2D eigenvalue weighted by Gasteiger charge is -2.20. The van der Waals surface area contributed by atoms with E-state index < -0.39 is 17.5 Å². The first kappa shape index (κ1) is 20.2. The molecular formula is C19H18Cl2FN3O3. The Labute approximate surface area is 170 Å². The van der Waals surface area contributed by atoms with Crippen LogP contribution in [0, 0.1) is 5.82 Å². The van der Waals surface area contributed by atoms with Gasteiger partial charge >= 0.3 is 6.09 Å². The van der Waals surface area contributed by atoms with Gasteiger partial charge in [-0.15, -0.1) is 0 Å². The average molecular weight is 426 g/mol. The van der Waals surface area contributed by atoms with E-state index in [9.17, 15) is 14.0 Å². The molecule has 2 N–H and O–H groups in total. The number of hydrogen-bond donors (Lipinski definition) is 2. The van der Waals surface area contributed by atoms with E-state index in [0.29, 0.717) is 23.2 Å². The number of aromatic nitrogens is 2. The minimum atomic E-state index is -0.754. The van der Waals surface area contributed by atoms with Crippen molar-refractivity contribution in [3.05, 3.63) is 68.1 Å². The number of nitrogens with zero attached hydrogens (tertiary/aromatic N) is 1. The number of hydrogen-bond acceptors (Lipinski definition) is 3. The summed E-state index contributed by atoms with van der Waals surface area (Å²) in [5.74, 6) is -0.594. The smallest absolute Gasteiger partial charge is 0.412 e. The number of amides is 1. The number of nitrogens with one attached hydrogen (secondary N) is 2. The molecule has 6 nitrogen and oxygen atoms in total. The molecule has 28 heavy (non-hydrogen) atoms. The Morgan fingerprint density at radius 2 is 2.00 bits per heavy atom. The predicted molar refractivity (Wildman–Crippen MR) is 107 cm³/mol. The van der Waals surface area contributed by atoms with E-state index in [1.165, 1.54) is 28.8 Å². The standard InChI is InChI=1S/C19H18Cl2FN3O3/c1-19(2,3)28-18(27)24-14-7-10(4-5-13(14)22)6-11-9-23-17(26)15-8-12(20)16(21)25(11)15/h4-5,7-9H,6H2,1-3H3,(H,23,26)(H,24,27). The summed E-state index contributed by atoms with van der Waals surface area (Å²) in [4.78, 5) is 26.5. The zero-order valence-electron chi connectivity index (χ0n) is 15.4. The van der Waals surface area contributed by atoms with Crippen molar-refractivity contribution in [3.63, 3.8) is 0 Å². The molecule has 0 fully saturated rings. The van der Waals surface area contributed by atoms with Gasteiger partial charge in [-0.05, 0) is 44.5 Å². The molecular weight excluding hydrogens is 408 g/mol. The maximum Gasteiger partial charge on any atom is 0.412 e. The third-order valence-corrected chi connectivity index (χ3v) is 4.60. The number of anilines is 1. The molecule has 0 aliphatic carbocycles. The van der Waals surface area contributed by atoms with E-state index in [4.69, 9.17) is 27.9 Å². The maximum atomic E-state index is 14.1. The lowest BCUT2D eigenvalue weighted by atomic mass is 10.1. The van der Waals surface area contributed by atoms with Crippen LogP contribution in [0.2, 0.25) is 10.2 Å². The number of halogens is 3. The van der Waals surface area contributed by atoms with Crippen LogP contribution in [0.15, 0.2) is 35.3 Å². The van der Waals surface area contributed by atoms with E-state index in [2.05, 4.69) is 10.3 Å². The number of fused-ring (bicyclic) bond motifs is 1. The number of carbonyl (C=O) groups excluding carboxylic acids is 1. The Balaban J connectivity index is 1.92. The van der Waals surface area contributed by atoms with Crippen LogP contribution >= 0.6 is 23.2 Å². The van der Waals surface area contributed by atoms with Crippen LogP contribution in [0.25, 0.3) is 5.52 Å². The van der Waals surface area contributed by atoms with Crippen LogP contribution < -0.4 is 10.9 Å². The van der Waals surface area contributed by atoms with Crippen molar-refractivity contribution < 1.29 is 13.9 Å². The summed E-state index contributed by atoms with van der Waals surface area (Å²) >= 11 is 12.3. The lowest BCUT2D eigenvalue weighted by Crippen LogP contribution is -2.27. The molecule has 2 heterocycles. The highest BCUT2D eigenvalue weighted by Gasteiger charge is 2.18. The number of aromatic amines is 1. The van der Waals surface area contributed by atoms with Crippen LogP contribution in [0.5, 0.6) is 0 Å². The normalized spacial score (nSPS) is 11.6. The second-order valence-electron chi connectivity index (χ2n) is 7.23. The molecule has 0 saturated heterocycles. The van der Waals surface area contributed by atoms with Crippen molar-refractivity contribution in [3.8, 4) is 0 Å². The van der Waals surface area contributed by atoms with Crippen molar-refractivity contribution in [1.82, 2.24) is 9.38 Å². The molecule has 0 unspecified atom stereocenters. The monoisotopic (exact) mass is 425 g/mol. The van der Waals surface area contributed by atoms with Crippen LogP contribution in [-0.4, -0.2) is 21.1 Å². The number of benzene rings is 1. The number of rotatable bonds is 3. The van der Waals surface area contributed by atoms with Crippen molar-refractivity contribution in [1.29, 1.82) is 0 Å². The van der Waals surface area contributed by atoms with Gasteiger partial charge in [-0.2, -0.15) is 0 Å². The number of ether oxygens (including phenoxy) is 1. The average Bonchev–Trinajstić information content (AvgIpc) is 2.88. The van der Waals surface area contributed by atoms with Gasteiger partial charge in [-0.25, -0.2) is 9.18 Å². The van der Waals surface area contributed by atoms with Crippen molar-refractivity contribution in [2.24, 2.45) is 0 Å². The third-order valence-electron chi connectivity index (χ3n) is 3.84. The van der Waals surface area contributed by atoms with E-state index >= 15 is 0 Å². The van der Waals surface area contributed by atoms with Gasteiger partial charge in [0.1, 0.15) is 22.1 Å². The molecule has 148 valence electrons. The molecule has 0 radical (unpaired) electrons. The van der Waals surface area contributed by atoms with Gasteiger partial charge in [-0.3, -0.25) is 14.5 Å². The largest absolute Gasteiger partial charge is 0.444 e. The van der Waals surface area contributed by atoms with Gasteiger partial charge in [0.15, 0.2) is 0 Å². The molecule has 0 aliphatic rings. The van der Waals surface area contributed by atoms with Gasteiger partial charge < -0.3 is 9.72 Å². The highest BCUT2D eigenvalue weighted by atomic mass is 35.5. The zero-order valence-corrected chi connectivity index (χ0v) is 16.9. The molecule has 2 aromatic heterocycles. The Morgan fingerprint density at radius 1 is 1.29 bits per heavy atom. The SMILES string of the molecule is CC(C)(C)OC(=O)Nc1cc(Cc2c[nH]c(=O)c3cc(Cl)c(Cl)n23)ccc1F. The summed E-state index contributed by atoms with van der Waals surface area (Å²) in [5.41, 5.74) is 0.585. The highest BCUT2D eigenvalue weighted by molar-refractivity contribution is 6.42. The fourth-order valence-electron chi connectivity index (χ4n) is 2.72. The molecule has 0 saturated carbocycles. The highest BCUT2D eigenvalue weighted by Crippen LogP contribution is 2.27. The lowest BCUT2D eigenvalue weighted by molar-refractivity contribution is 0.0635. The molecule has 0 aliphatic heterocycles. The fourth-order valence-corrected chi connectivity index (χ4v) is 3.16. The van der Waals surface area contributed by atoms with Gasteiger partial charge in [0, 0.05) is 18.3 Å². The quantitative estimate of drug-likeness (QED) is 0.618. The number of H-pyrrole nitrogens is 1. The second kappa shape index (κ2) is 7.48. The number of carbonyl (C=O) groups is 1. The molecule has 0 bridgehead atoms. The summed E-state index contributed by atoms with van der Waals surface area (Å²) in [6.07, 6.45) is 1.07. The van der Waals surface area contributed by atoms with Crippen LogP contribution in [0.3, 0.4) is 0 Å². The van der Waals surface area contributed by atoms with Crippen LogP contribution in [0.1, 0.15) is 32.0 Å². The van der Waals surface area contributed by atoms with Gasteiger partial charge in [-0.1, -0.05) is 29.3 Å². The summed E-state index contributed by atoms with van der Waals surface area (Å²) in [5, 5.41) is 2.88. The van der Waals surface area contributed by atoms with Gasteiger partial charge in [0.25, 0.3) is 5.56 Å². The Kier molecular flexibility index (Phi) is 5.41. The molecule has 1 aromatic carbocycles. The van der Waals surface area contributed by atoms with E-state index in [0.717, 1.165) is 0 Å². The summed E-state index contributed by atoms with van der Waals surface area (Å²) in [6, 6.07) is 5.79. The van der Waals surface area contributed by atoms with Crippen molar-refractivity contribution >= 4 is 40.5 Å². The van der Waals surface area contributed by atoms with E-state index in [1.807, 2.05) is 0 Å². The minimum absolute atomic E-state index is 0.0101. The molecule has 0 spiro atoms. The first-order valence-electron chi connectivity index (χ1n) is 8.40. The van der Waals surface area contributed by atoms with Gasteiger partial charge in [0.05, 0.1) is 10.7 Å². The Bertz CT molecular complexity index is 1120. The summed E-state index contributed by atoms with van der Waals surface area (Å²) in [7, 11) is 0. The fraction of sp³-hybridized carbons (Fsp3) is 0.263. The van der Waals surface area contributed by atoms with E-state index in [-0.39, 0.29) is 21.4 Å². The topological polar surface area (TPSA) is 75.6 Å². The second-order valence-corrected chi connectivity index (χ2v) is 8.00. The van der Waals surface area contributed by atoms with Crippen molar-refractivity contribution in [2.45, 2.75) is 32.8 Å². The Hall–Kier alpha value is -2.51. The predicted octanol–water partition coefficient (Wildman–Crippen LogP) is 5.01.